The van der Waals surface area contributed by atoms with Gasteiger partial charge in [0.1, 0.15) is 4.21 Å². The van der Waals surface area contributed by atoms with E-state index in [0.29, 0.717) is 23.8 Å². The number of hydrogen-bond acceptors (Lipinski definition) is 5. The monoisotopic (exact) mass is 320 g/mol. The fraction of sp³-hybridized carbons (Fsp3) is 0.667. The first-order chi connectivity index (χ1) is 8.76. The molecule has 1 aliphatic heterocycles. The molecule has 2 N–H and O–H groups in total. The molecule has 2 heterocycles. The average molecular weight is 321 g/mol. The van der Waals surface area contributed by atoms with Gasteiger partial charge >= 0.3 is 0 Å². The van der Waals surface area contributed by atoms with Crippen molar-refractivity contribution in [1.29, 1.82) is 0 Å². The Morgan fingerprint density at radius 3 is 2.68 bits per heavy atom. The van der Waals surface area contributed by atoms with Gasteiger partial charge in [0.25, 0.3) is 10.0 Å². The lowest BCUT2D eigenvalue weighted by Crippen LogP contribution is -2.45. The second-order valence-corrected chi connectivity index (χ2v) is 10.4. The summed E-state index contributed by atoms with van der Waals surface area (Å²) in [6.07, 6.45) is 0. The Bertz CT molecular complexity index is 564. The van der Waals surface area contributed by atoms with Crippen LogP contribution in [-0.4, -0.2) is 36.3 Å². The first-order valence-corrected chi connectivity index (χ1v) is 9.44. The van der Waals surface area contributed by atoms with Crippen molar-refractivity contribution in [3.8, 4) is 0 Å². The maximum absolute atomic E-state index is 12.6. The Morgan fingerprint density at radius 1 is 1.47 bits per heavy atom. The predicted octanol–water partition coefficient (Wildman–Crippen LogP) is 2.03. The standard InChI is InChI=1S/C12H20N2O2S3/c1-9-6-11(18-10(9)7-13)19(15,16)14-4-5-17-12(2,3)8-14/h6H,4-5,7-8,13H2,1-3H3. The Balaban J connectivity index is 2.31. The zero-order chi connectivity index (χ0) is 14.3. The molecule has 1 fully saturated rings. The van der Waals surface area contributed by atoms with Crippen LogP contribution < -0.4 is 5.73 Å². The van der Waals surface area contributed by atoms with Crippen LogP contribution in [0.4, 0.5) is 0 Å². The molecule has 0 unspecified atom stereocenters. The summed E-state index contributed by atoms with van der Waals surface area (Å²) < 4.78 is 27.3. The van der Waals surface area contributed by atoms with Crippen LogP contribution in [0.2, 0.25) is 0 Å². The highest BCUT2D eigenvalue weighted by Crippen LogP contribution is 2.34. The minimum absolute atomic E-state index is 0.0195. The highest BCUT2D eigenvalue weighted by atomic mass is 32.2. The molecule has 0 saturated carbocycles. The predicted molar refractivity (Wildman–Crippen MR) is 82.2 cm³/mol. The summed E-state index contributed by atoms with van der Waals surface area (Å²) >= 11 is 3.12. The van der Waals surface area contributed by atoms with E-state index in [1.54, 1.807) is 10.4 Å². The highest BCUT2D eigenvalue weighted by molar-refractivity contribution is 8.00. The van der Waals surface area contributed by atoms with Crippen LogP contribution in [0, 0.1) is 6.92 Å². The number of thioether (sulfide) groups is 1. The van der Waals surface area contributed by atoms with Gasteiger partial charge in [0, 0.05) is 35.0 Å². The molecule has 2 rings (SSSR count). The van der Waals surface area contributed by atoms with Crippen molar-refractivity contribution in [2.75, 3.05) is 18.8 Å². The van der Waals surface area contributed by atoms with Crippen LogP contribution >= 0.6 is 23.1 Å². The molecule has 0 spiro atoms. The van der Waals surface area contributed by atoms with E-state index in [1.807, 2.05) is 18.7 Å². The van der Waals surface area contributed by atoms with E-state index in [0.717, 1.165) is 16.2 Å². The normalized spacial score (nSPS) is 20.6. The summed E-state index contributed by atoms with van der Waals surface area (Å²) in [6, 6.07) is 1.75. The van der Waals surface area contributed by atoms with Crippen molar-refractivity contribution in [3.05, 3.63) is 16.5 Å². The third kappa shape index (κ3) is 3.16. The molecule has 1 aliphatic rings. The fourth-order valence-electron chi connectivity index (χ4n) is 2.12. The van der Waals surface area contributed by atoms with Crippen LogP contribution in [-0.2, 0) is 16.6 Å². The summed E-state index contributed by atoms with van der Waals surface area (Å²) in [7, 11) is -3.36. The average Bonchev–Trinajstić information content (AvgIpc) is 2.70. The molecule has 4 nitrogen and oxygen atoms in total. The lowest BCUT2D eigenvalue weighted by molar-refractivity contribution is 0.388. The first kappa shape index (κ1) is 15.3. The van der Waals surface area contributed by atoms with E-state index in [4.69, 9.17) is 5.73 Å². The minimum atomic E-state index is -3.36. The highest BCUT2D eigenvalue weighted by Gasteiger charge is 2.35. The number of nitrogens with two attached hydrogens (primary N) is 1. The largest absolute Gasteiger partial charge is 0.326 e. The Morgan fingerprint density at radius 2 is 2.16 bits per heavy atom. The van der Waals surface area contributed by atoms with Crippen molar-refractivity contribution < 1.29 is 8.42 Å². The third-order valence-corrected chi connectivity index (χ3v) is 8.02. The van der Waals surface area contributed by atoms with E-state index in [2.05, 4.69) is 13.8 Å². The molecule has 0 radical (unpaired) electrons. The minimum Gasteiger partial charge on any atom is -0.326 e. The second kappa shape index (κ2) is 5.37. The van der Waals surface area contributed by atoms with Crippen molar-refractivity contribution in [3.63, 3.8) is 0 Å². The number of hydrogen-bond donors (Lipinski definition) is 1. The van der Waals surface area contributed by atoms with Crippen LogP contribution in [0.1, 0.15) is 24.3 Å². The molecule has 1 aromatic heterocycles. The number of sulfonamides is 1. The zero-order valence-electron chi connectivity index (χ0n) is 11.5. The molecule has 0 amide bonds. The molecule has 0 atom stereocenters. The van der Waals surface area contributed by atoms with E-state index in [1.165, 1.54) is 11.3 Å². The summed E-state index contributed by atoms with van der Waals surface area (Å²) in [5.41, 5.74) is 6.60. The molecule has 0 aromatic carbocycles. The fourth-order valence-corrected chi connectivity index (χ4v) is 6.66. The second-order valence-electron chi connectivity index (χ2n) is 5.32. The van der Waals surface area contributed by atoms with Gasteiger partial charge in [-0.25, -0.2) is 8.42 Å². The third-order valence-electron chi connectivity index (χ3n) is 3.17. The van der Waals surface area contributed by atoms with E-state index in [9.17, 15) is 8.42 Å². The van der Waals surface area contributed by atoms with Gasteiger partial charge in [-0.15, -0.1) is 11.3 Å². The molecule has 7 heteroatoms. The molecule has 1 aromatic rings. The Hall–Kier alpha value is -0.0800. The van der Waals surface area contributed by atoms with Crippen LogP contribution in [0.25, 0.3) is 0 Å². The number of nitrogens with zero attached hydrogens (tertiary/aromatic N) is 1. The van der Waals surface area contributed by atoms with Gasteiger partial charge in [0.2, 0.25) is 0 Å². The van der Waals surface area contributed by atoms with Gasteiger partial charge in [-0.1, -0.05) is 0 Å². The molecule has 0 bridgehead atoms. The van der Waals surface area contributed by atoms with Gasteiger partial charge in [0.15, 0.2) is 0 Å². The summed E-state index contributed by atoms with van der Waals surface area (Å²) in [5.74, 6) is 0.848. The van der Waals surface area contributed by atoms with E-state index >= 15 is 0 Å². The molecule has 19 heavy (non-hydrogen) atoms. The van der Waals surface area contributed by atoms with E-state index in [-0.39, 0.29) is 4.75 Å². The van der Waals surface area contributed by atoms with Gasteiger partial charge < -0.3 is 5.73 Å². The smallest absolute Gasteiger partial charge is 0.252 e. The maximum atomic E-state index is 12.6. The molecular formula is C12H20N2O2S3. The van der Waals surface area contributed by atoms with Gasteiger partial charge in [0.05, 0.1) is 0 Å². The van der Waals surface area contributed by atoms with E-state index < -0.39 is 10.0 Å². The van der Waals surface area contributed by atoms with Gasteiger partial charge in [-0.2, -0.15) is 16.1 Å². The molecule has 0 aliphatic carbocycles. The Labute approximate surface area is 123 Å². The number of thiophene rings is 1. The van der Waals surface area contributed by atoms with Crippen molar-refractivity contribution in [2.45, 2.75) is 36.3 Å². The lowest BCUT2D eigenvalue weighted by atomic mass is 10.2. The lowest BCUT2D eigenvalue weighted by Gasteiger charge is -2.36. The topological polar surface area (TPSA) is 63.4 Å². The number of rotatable bonds is 3. The van der Waals surface area contributed by atoms with Crippen molar-refractivity contribution in [1.82, 2.24) is 4.31 Å². The quantitative estimate of drug-likeness (QED) is 0.925. The number of aryl methyl sites for hydroxylation is 1. The SMILES string of the molecule is Cc1cc(S(=O)(=O)N2CCSC(C)(C)C2)sc1CN. The molecule has 108 valence electrons. The van der Waals surface area contributed by atoms with Gasteiger partial charge in [-0.3, -0.25) is 0 Å². The first-order valence-electron chi connectivity index (χ1n) is 6.20. The van der Waals surface area contributed by atoms with Crippen molar-refractivity contribution in [2.24, 2.45) is 5.73 Å². The Kier molecular flexibility index (Phi) is 4.32. The molecular weight excluding hydrogens is 300 g/mol. The summed E-state index contributed by atoms with van der Waals surface area (Å²) in [6.45, 7) is 7.63. The van der Waals surface area contributed by atoms with Crippen LogP contribution in [0.5, 0.6) is 0 Å². The summed E-state index contributed by atoms with van der Waals surface area (Å²) in [5, 5.41) is 0. The summed E-state index contributed by atoms with van der Waals surface area (Å²) in [4.78, 5) is 0.948. The van der Waals surface area contributed by atoms with Crippen LogP contribution in [0.3, 0.4) is 0 Å². The maximum Gasteiger partial charge on any atom is 0.252 e. The van der Waals surface area contributed by atoms with Gasteiger partial charge in [-0.05, 0) is 32.4 Å². The zero-order valence-corrected chi connectivity index (χ0v) is 13.9. The van der Waals surface area contributed by atoms with Crippen LogP contribution in [0.15, 0.2) is 10.3 Å². The van der Waals surface area contributed by atoms with Crippen molar-refractivity contribution >= 4 is 33.1 Å². The molecule has 1 saturated heterocycles.